The number of nitrogens with zero attached hydrogens (tertiary/aromatic N) is 2. The molecule has 0 aromatic heterocycles. The van der Waals surface area contributed by atoms with Crippen LogP contribution in [-0.2, 0) is 11.3 Å². The van der Waals surface area contributed by atoms with E-state index >= 15 is 0 Å². The molecule has 0 saturated carbocycles. The van der Waals surface area contributed by atoms with Crippen LogP contribution in [0.1, 0.15) is 25.3 Å². The second kappa shape index (κ2) is 6.06. The highest BCUT2D eigenvalue weighted by Crippen LogP contribution is 2.25. The second-order valence-electron chi connectivity index (χ2n) is 5.31. The van der Waals surface area contributed by atoms with Crippen molar-refractivity contribution < 1.29 is 4.79 Å². The van der Waals surface area contributed by atoms with Gasteiger partial charge >= 0.3 is 0 Å². The number of amides is 1. The summed E-state index contributed by atoms with van der Waals surface area (Å²) in [6.07, 6.45) is 2.51. The molecule has 2 rings (SSSR count). The fourth-order valence-electron chi connectivity index (χ4n) is 2.59. The molecule has 4 nitrogen and oxygen atoms in total. The van der Waals surface area contributed by atoms with Crippen molar-refractivity contribution in [1.82, 2.24) is 4.90 Å². The predicted octanol–water partition coefficient (Wildman–Crippen LogP) is 1.59. The molecule has 104 valence electrons. The Morgan fingerprint density at radius 2 is 2.00 bits per heavy atom. The van der Waals surface area contributed by atoms with Crippen LogP contribution in [0.2, 0.25) is 0 Å². The summed E-state index contributed by atoms with van der Waals surface area (Å²) in [5, 5.41) is 0. The molecule has 0 radical (unpaired) electrons. The van der Waals surface area contributed by atoms with Gasteiger partial charge in [0.2, 0.25) is 5.91 Å². The Bertz CT molecular complexity index is 439. The molecular weight excluding hydrogens is 238 g/mol. The van der Waals surface area contributed by atoms with E-state index in [9.17, 15) is 4.79 Å². The summed E-state index contributed by atoms with van der Waals surface area (Å²) >= 11 is 0. The maximum absolute atomic E-state index is 11.9. The van der Waals surface area contributed by atoms with Gasteiger partial charge in [0.15, 0.2) is 0 Å². The molecule has 1 aliphatic heterocycles. The molecule has 1 aromatic rings. The van der Waals surface area contributed by atoms with Crippen LogP contribution in [0.5, 0.6) is 0 Å². The van der Waals surface area contributed by atoms with Gasteiger partial charge in [-0.3, -0.25) is 4.79 Å². The summed E-state index contributed by atoms with van der Waals surface area (Å²) in [5.41, 5.74) is 8.10. The first-order valence-corrected chi connectivity index (χ1v) is 6.93. The van der Waals surface area contributed by atoms with E-state index in [2.05, 4.69) is 23.1 Å². The van der Waals surface area contributed by atoms with Crippen LogP contribution in [0.4, 0.5) is 5.69 Å². The third kappa shape index (κ3) is 3.26. The van der Waals surface area contributed by atoms with E-state index < -0.39 is 6.04 Å². The zero-order valence-corrected chi connectivity index (χ0v) is 11.8. The largest absolute Gasteiger partial charge is 0.371 e. The van der Waals surface area contributed by atoms with Gasteiger partial charge in [-0.25, -0.2) is 0 Å². The number of benzene rings is 1. The normalized spacial score (nSPS) is 16.5. The van der Waals surface area contributed by atoms with E-state index in [1.54, 1.807) is 11.8 Å². The lowest BCUT2D eigenvalue weighted by Gasteiger charge is -2.25. The molecular formula is C15H23N3O. The van der Waals surface area contributed by atoms with Crippen molar-refractivity contribution in [2.24, 2.45) is 5.73 Å². The molecule has 1 atom stereocenters. The summed E-state index contributed by atoms with van der Waals surface area (Å²) in [5.74, 6) is -0.0174. The van der Waals surface area contributed by atoms with Crippen molar-refractivity contribution in [2.45, 2.75) is 32.4 Å². The summed E-state index contributed by atoms with van der Waals surface area (Å²) in [6.45, 7) is 4.57. The first-order valence-electron chi connectivity index (χ1n) is 6.93. The van der Waals surface area contributed by atoms with Gasteiger partial charge in [0.1, 0.15) is 0 Å². The van der Waals surface area contributed by atoms with Gasteiger partial charge in [0.05, 0.1) is 6.04 Å². The molecule has 1 heterocycles. The van der Waals surface area contributed by atoms with Gasteiger partial charge < -0.3 is 15.5 Å². The number of nitrogens with two attached hydrogens (primary N) is 1. The van der Waals surface area contributed by atoms with Crippen LogP contribution in [0.3, 0.4) is 0 Å². The number of likely N-dealkylation sites (N-methyl/N-ethyl adjacent to an activating group) is 1. The van der Waals surface area contributed by atoms with Gasteiger partial charge in [-0.15, -0.1) is 0 Å². The molecule has 1 amide bonds. The third-order valence-corrected chi connectivity index (χ3v) is 3.61. The van der Waals surface area contributed by atoms with Gasteiger partial charge in [0.25, 0.3) is 0 Å². The number of anilines is 1. The maximum atomic E-state index is 11.9. The first-order chi connectivity index (χ1) is 9.09. The summed E-state index contributed by atoms with van der Waals surface area (Å²) in [4.78, 5) is 16.0. The number of hydrogen-bond acceptors (Lipinski definition) is 3. The highest BCUT2D eigenvalue weighted by atomic mass is 16.2. The molecule has 1 aliphatic rings. The lowest BCUT2D eigenvalue weighted by atomic mass is 10.1. The van der Waals surface area contributed by atoms with Crippen LogP contribution in [0, 0.1) is 0 Å². The fraction of sp³-hybridized carbons (Fsp3) is 0.533. The molecule has 1 aromatic carbocycles. The quantitative estimate of drug-likeness (QED) is 0.895. The van der Waals surface area contributed by atoms with Crippen molar-refractivity contribution in [2.75, 3.05) is 25.0 Å². The Balaban J connectivity index is 2.13. The minimum absolute atomic E-state index is 0.0174. The van der Waals surface area contributed by atoms with Crippen LogP contribution >= 0.6 is 0 Å². The summed E-state index contributed by atoms with van der Waals surface area (Å²) in [6, 6.07) is 7.89. The molecule has 1 saturated heterocycles. The summed E-state index contributed by atoms with van der Waals surface area (Å²) in [7, 11) is 1.81. The smallest absolute Gasteiger partial charge is 0.239 e. The standard InChI is InChI=1S/C15H23N3O/c1-12(16)15(19)17(2)11-13-7-3-4-8-14(13)18-9-5-6-10-18/h3-4,7-8,12H,5-6,9-11,16H2,1-2H3. The monoisotopic (exact) mass is 261 g/mol. The van der Waals surface area contributed by atoms with E-state index in [4.69, 9.17) is 5.73 Å². The minimum atomic E-state index is -0.441. The Labute approximate surface area is 115 Å². The lowest BCUT2D eigenvalue weighted by molar-refractivity contribution is -0.131. The number of hydrogen-bond donors (Lipinski definition) is 1. The van der Waals surface area contributed by atoms with Crippen molar-refractivity contribution in [3.63, 3.8) is 0 Å². The van der Waals surface area contributed by atoms with E-state index in [0.29, 0.717) is 6.54 Å². The Hall–Kier alpha value is -1.55. The van der Waals surface area contributed by atoms with E-state index in [1.807, 2.05) is 13.1 Å². The van der Waals surface area contributed by atoms with Crippen LogP contribution < -0.4 is 10.6 Å². The molecule has 1 unspecified atom stereocenters. The number of rotatable bonds is 4. The zero-order chi connectivity index (χ0) is 13.8. The van der Waals surface area contributed by atoms with E-state index in [-0.39, 0.29) is 5.91 Å². The van der Waals surface area contributed by atoms with Crippen molar-refractivity contribution in [1.29, 1.82) is 0 Å². The summed E-state index contributed by atoms with van der Waals surface area (Å²) < 4.78 is 0. The molecule has 0 spiro atoms. The highest BCUT2D eigenvalue weighted by molar-refractivity contribution is 5.81. The van der Waals surface area contributed by atoms with Gasteiger partial charge in [-0.1, -0.05) is 18.2 Å². The number of carbonyl (C=O) groups excluding carboxylic acids is 1. The Morgan fingerprint density at radius 1 is 1.37 bits per heavy atom. The van der Waals surface area contributed by atoms with Crippen LogP contribution in [0.15, 0.2) is 24.3 Å². The third-order valence-electron chi connectivity index (χ3n) is 3.61. The molecule has 19 heavy (non-hydrogen) atoms. The number of carbonyl (C=O) groups is 1. The SMILES string of the molecule is CC(N)C(=O)N(C)Cc1ccccc1N1CCCC1. The van der Waals surface area contributed by atoms with Crippen molar-refractivity contribution in [3.8, 4) is 0 Å². The molecule has 0 aliphatic carbocycles. The Morgan fingerprint density at radius 3 is 2.63 bits per heavy atom. The number of para-hydroxylation sites is 1. The lowest BCUT2D eigenvalue weighted by Crippen LogP contribution is -2.39. The first kappa shape index (κ1) is 13.9. The molecule has 1 fully saturated rings. The maximum Gasteiger partial charge on any atom is 0.239 e. The minimum Gasteiger partial charge on any atom is -0.371 e. The molecule has 0 bridgehead atoms. The average Bonchev–Trinajstić information content (AvgIpc) is 2.92. The molecule has 2 N–H and O–H groups in total. The Kier molecular flexibility index (Phi) is 4.43. The highest BCUT2D eigenvalue weighted by Gasteiger charge is 2.18. The van der Waals surface area contributed by atoms with E-state index in [0.717, 1.165) is 13.1 Å². The topological polar surface area (TPSA) is 49.6 Å². The van der Waals surface area contributed by atoms with Crippen molar-refractivity contribution in [3.05, 3.63) is 29.8 Å². The average molecular weight is 261 g/mol. The molecule has 4 heteroatoms. The van der Waals surface area contributed by atoms with Gasteiger partial charge in [-0.2, -0.15) is 0 Å². The van der Waals surface area contributed by atoms with Crippen LogP contribution in [-0.4, -0.2) is 37.0 Å². The fourth-order valence-corrected chi connectivity index (χ4v) is 2.59. The predicted molar refractivity (Wildman–Crippen MR) is 78.0 cm³/mol. The van der Waals surface area contributed by atoms with Gasteiger partial charge in [0, 0.05) is 32.4 Å². The second-order valence-corrected chi connectivity index (χ2v) is 5.31. The van der Waals surface area contributed by atoms with E-state index in [1.165, 1.54) is 24.1 Å². The van der Waals surface area contributed by atoms with Crippen LogP contribution in [0.25, 0.3) is 0 Å². The zero-order valence-electron chi connectivity index (χ0n) is 11.8. The van der Waals surface area contributed by atoms with Crippen molar-refractivity contribution >= 4 is 11.6 Å². The van der Waals surface area contributed by atoms with Gasteiger partial charge in [-0.05, 0) is 31.4 Å².